The predicted octanol–water partition coefficient (Wildman–Crippen LogP) is 3.20. The third-order valence-corrected chi connectivity index (χ3v) is 3.96. The van der Waals surface area contributed by atoms with Crippen molar-refractivity contribution in [1.82, 2.24) is 14.8 Å². The first-order valence-corrected chi connectivity index (χ1v) is 7.37. The van der Waals surface area contributed by atoms with Gasteiger partial charge in [0.25, 0.3) is 0 Å². The molecule has 0 amide bonds. The van der Waals surface area contributed by atoms with Crippen molar-refractivity contribution in [2.24, 2.45) is 0 Å². The Balaban J connectivity index is 1.84. The van der Waals surface area contributed by atoms with Crippen molar-refractivity contribution in [2.45, 2.75) is 13.5 Å². The van der Waals surface area contributed by atoms with Crippen LogP contribution >= 0.6 is 11.3 Å². The molecule has 2 heterocycles. The molecule has 0 aliphatic rings. The lowest BCUT2D eigenvalue weighted by Crippen LogP contribution is -2.00. The van der Waals surface area contributed by atoms with Gasteiger partial charge in [-0.05, 0) is 19.1 Å². The largest absolute Gasteiger partial charge is 0.478 e. The van der Waals surface area contributed by atoms with Gasteiger partial charge in [0.2, 0.25) is 0 Å². The van der Waals surface area contributed by atoms with Gasteiger partial charge < -0.3 is 5.11 Å². The molecule has 0 atom stereocenters. The summed E-state index contributed by atoms with van der Waals surface area (Å²) in [7, 11) is 0. The number of benzene rings is 1. The highest BCUT2D eigenvalue weighted by molar-refractivity contribution is 7.09. The first kappa shape index (κ1) is 14.4. The molecule has 0 unspecified atom stereocenters. The lowest BCUT2D eigenvalue weighted by atomic mass is 10.1. The van der Waals surface area contributed by atoms with Gasteiger partial charge in [-0.3, -0.25) is 4.68 Å². The van der Waals surface area contributed by atoms with Gasteiger partial charge >= 0.3 is 5.97 Å². The Labute approximate surface area is 129 Å². The first-order chi connectivity index (χ1) is 10.5. The van der Waals surface area contributed by atoms with Crippen LogP contribution in [0.3, 0.4) is 0 Å². The molecule has 7 heteroatoms. The van der Waals surface area contributed by atoms with Crippen molar-refractivity contribution < 1.29 is 14.3 Å². The van der Waals surface area contributed by atoms with Gasteiger partial charge in [0, 0.05) is 17.1 Å². The van der Waals surface area contributed by atoms with Crippen LogP contribution in [-0.2, 0) is 6.54 Å². The normalized spacial score (nSPS) is 10.8. The average molecular weight is 317 g/mol. The van der Waals surface area contributed by atoms with Crippen LogP contribution in [0.25, 0.3) is 11.3 Å². The molecule has 1 aromatic carbocycles. The summed E-state index contributed by atoms with van der Waals surface area (Å²) in [5.74, 6) is -1.33. The van der Waals surface area contributed by atoms with E-state index in [4.69, 9.17) is 5.11 Å². The molecule has 112 valence electrons. The molecule has 5 nitrogen and oxygen atoms in total. The van der Waals surface area contributed by atoms with E-state index in [2.05, 4.69) is 10.1 Å². The molecule has 3 aromatic rings. The Hall–Kier alpha value is -2.54. The summed E-state index contributed by atoms with van der Waals surface area (Å²) < 4.78 is 15.4. The van der Waals surface area contributed by atoms with Crippen LogP contribution in [0.5, 0.6) is 0 Å². The third kappa shape index (κ3) is 2.89. The number of thiazole rings is 1. The number of carboxylic acid groups (broad SMARTS) is 1. The number of halogens is 1. The van der Waals surface area contributed by atoms with E-state index in [1.807, 2.05) is 6.92 Å². The average Bonchev–Trinajstić information content (AvgIpc) is 3.11. The van der Waals surface area contributed by atoms with Gasteiger partial charge in [-0.1, -0.05) is 11.6 Å². The second kappa shape index (κ2) is 5.69. The topological polar surface area (TPSA) is 68.0 Å². The molecule has 2 aromatic heterocycles. The highest BCUT2D eigenvalue weighted by Gasteiger charge is 2.11. The Bertz CT molecular complexity index is 841. The monoisotopic (exact) mass is 317 g/mol. The zero-order valence-electron chi connectivity index (χ0n) is 11.7. The molecule has 0 aliphatic carbocycles. The molecule has 3 rings (SSSR count). The molecule has 22 heavy (non-hydrogen) atoms. The SMILES string of the molecule is Cc1ccc(F)c(-c2csc(Cn3cc(C(=O)O)cn3)n2)c1. The lowest BCUT2D eigenvalue weighted by molar-refractivity contribution is 0.0697. The van der Waals surface area contributed by atoms with E-state index in [9.17, 15) is 9.18 Å². The maximum atomic E-state index is 13.9. The molecule has 0 saturated carbocycles. The summed E-state index contributed by atoms with van der Waals surface area (Å²) in [4.78, 5) is 15.2. The summed E-state index contributed by atoms with van der Waals surface area (Å²) in [6.45, 7) is 2.25. The molecular formula is C15H12FN3O2S. The summed E-state index contributed by atoms with van der Waals surface area (Å²) in [5, 5.41) is 15.4. The van der Waals surface area contributed by atoms with Crippen LogP contribution in [0.4, 0.5) is 4.39 Å². The number of hydrogen-bond donors (Lipinski definition) is 1. The molecule has 0 fully saturated rings. The fourth-order valence-electron chi connectivity index (χ4n) is 2.04. The number of rotatable bonds is 4. The van der Waals surface area contributed by atoms with Gasteiger partial charge in [-0.15, -0.1) is 11.3 Å². The Kier molecular flexibility index (Phi) is 3.72. The van der Waals surface area contributed by atoms with E-state index in [1.54, 1.807) is 17.5 Å². The van der Waals surface area contributed by atoms with Gasteiger partial charge in [0.1, 0.15) is 10.8 Å². The molecule has 0 saturated heterocycles. The molecule has 0 bridgehead atoms. The molecular weight excluding hydrogens is 305 g/mol. The molecule has 0 radical (unpaired) electrons. The van der Waals surface area contributed by atoms with Crippen molar-refractivity contribution in [3.8, 4) is 11.3 Å². The molecule has 0 aliphatic heterocycles. The van der Waals surface area contributed by atoms with E-state index in [0.717, 1.165) is 10.6 Å². The van der Waals surface area contributed by atoms with E-state index >= 15 is 0 Å². The third-order valence-electron chi connectivity index (χ3n) is 3.13. The lowest BCUT2D eigenvalue weighted by Gasteiger charge is -2.01. The summed E-state index contributed by atoms with van der Waals surface area (Å²) in [6.07, 6.45) is 2.73. The fraction of sp³-hybridized carbons (Fsp3) is 0.133. The van der Waals surface area contributed by atoms with Gasteiger partial charge in [-0.25, -0.2) is 14.2 Å². The quantitative estimate of drug-likeness (QED) is 0.802. The van der Waals surface area contributed by atoms with Crippen LogP contribution in [0.15, 0.2) is 36.0 Å². The Morgan fingerprint density at radius 1 is 1.45 bits per heavy atom. The molecule has 0 spiro atoms. The second-order valence-electron chi connectivity index (χ2n) is 4.84. The maximum Gasteiger partial charge on any atom is 0.338 e. The van der Waals surface area contributed by atoms with Crippen LogP contribution < -0.4 is 0 Å². The van der Waals surface area contributed by atoms with Crippen molar-refractivity contribution in [3.63, 3.8) is 0 Å². The first-order valence-electron chi connectivity index (χ1n) is 6.49. The summed E-state index contributed by atoms with van der Waals surface area (Å²) >= 11 is 1.39. The fourth-order valence-corrected chi connectivity index (χ4v) is 2.83. The van der Waals surface area contributed by atoms with Gasteiger partial charge in [-0.2, -0.15) is 5.10 Å². The van der Waals surface area contributed by atoms with Crippen LogP contribution in [0, 0.1) is 12.7 Å². The highest BCUT2D eigenvalue weighted by atomic mass is 32.1. The maximum absolute atomic E-state index is 13.9. The minimum atomic E-state index is -1.02. The number of aromatic carboxylic acids is 1. The highest BCUT2D eigenvalue weighted by Crippen LogP contribution is 2.26. The van der Waals surface area contributed by atoms with E-state index < -0.39 is 5.97 Å². The van der Waals surface area contributed by atoms with Crippen molar-refractivity contribution >= 4 is 17.3 Å². The standard InChI is InChI=1S/C15H12FN3O2S/c1-9-2-3-12(16)11(4-9)13-8-22-14(18-13)7-19-6-10(5-17-19)15(20)21/h2-6,8H,7H2,1H3,(H,20,21). The van der Waals surface area contributed by atoms with Crippen molar-refractivity contribution in [3.05, 3.63) is 57.9 Å². The Morgan fingerprint density at radius 2 is 2.27 bits per heavy atom. The zero-order valence-corrected chi connectivity index (χ0v) is 12.5. The Morgan fingerprint density at radius 3 is 3.00 bits per heavy atom. The van der Waals surface area contributed by atoms with Crippen LogP contribution in [-0.4, -0.2) is 25.8 Å². The van der Waals surface area contributed by atoms with E-state index in [-0.39, 0.29) is 11.4 Å². The van der Waals surface area contributed by atoms with Crippen LogP contribution in [0.2, 0.25) is 0 Å². The number of aryl methyl sites for hydroxylation is 1. The number of hydrogen-bond acceptors (Lipinski definition) is 4. The number of nitrogens with zero attached hydrogens (tertiary/aromatic N) is 3. The van der Waals surface area contributed by atoms with Crippen molar-refractivity contribution in [2.75, 3.05) is 0 Å². The minimum absolute atomic E-state index is 0.126. The van der Waals surface area contributed by atoms with E-state index in [1.165, 1.54) is 34.5 Å². The van der Waals surface area contributed by atoms with Crippen LogP contribution in [0.1, 0.15) is 20.9 Å². The second-order valence-corrected chi connectivity index (χ2v) is 5.78. The van der Waals surface area contributed by atoms with E-state index in [0.29, 0.717) is 17.8 Å². The van der Waals surface area contributed by atoms with Gasteiger partial charge in [0.15, 0.2) is 0 Å². The predicted molar refractivity (Wildman–Crippen MR) is 80.5 cm³/mol. The number of aromatic nitrogens is 3. The number of carboxylic acids is 1. The molecule has 1 N–H and O–H groups in total. The smallest absolute Gasteiger partial charge is 0.338 e. The minimum Gasteiger partial charge on any atom is -0.478 e. The summed E-state index contributed by atoms with van der Waals surface area (Å²) in [6, 6.07) is 4.89. The van der Waals surface area contributed by atoms with Gasteiger partial charge in [0.05, 0.1) is 24.0 Å². The number of carbonyl (C=O) groups is 1. The van der Waals surface area contributed by atoms with Crippen molar-refractivity contribution in [1.29, 1.82) is 0 Å². The zero-order chi connectivity index (χ0) is 15.7. The summed E-state index contributed by atoms with van der Waals surface area (Å²) in [5.41, 5.74) is 2.13.